The number of fused-ring (bicyclic) bond motifs is 3. The number of aromatic nitrogens is 4. The van der Waals surface area contributed by atoms with Gasteiger partial charge < -0.3 is 9.40 Å². The molecule has 0 atom stereocenters. The smallest absolute Gasteiger partial charge is 0.180 e. The maximum absolute atomic E-state index is 6.05. The van der Waals surface area contributed by atoms with Crippen molar-refractivity contribution in [2.45, 2.75) is 6.42 Å². The summed E-state index contributed by atoms with van der Waals surface area (Å²) in [5.74, 6) is 1.57. The van der Waals surface area contributed by atoms with Crippen LogP contribution in [0.15, 0.2) is 41.4 Å². The monoisotopic (exact) mass is 284 g/mol. The molecule has 0 saturated heterocycles. The van der Waals surface area contributed by atoms with Gasteiger partial charge in [0.25, 0.3) is 0 Å². The summed E-state index contributed by atoms with van der Waals surface area (Å²) in [5, 5.41) is 1.61. The SMILES string of the molecule is Clc1ccc2ncc3[nH]c(Cc4cnco4)nc3c2c1. The Kier molecular flexibility index (Phi) is 2.47. The van der Waals surface area contributed by atoms with Gasteiger partial charge in [-0.3, -0.25) is 4.98 Å². The second kappa shape index (κ2) is 4.31. The number of hydrogen-bond acceptors (Lipinski definition) is 4. The number of H-pyrrole nitrogens is 1. The highest BCUT2D eigenvalue weighted by Crippen LogP contribution is 2.25. The highest BCUT2D eigenvalue weighted by molar-refractivity contribution is 6.31. The summed E-state index contributed by atoms with van der Waals surface area (Å²) in [6, 6.07) is 5.60. The van der Waals surface area contributed by atoms with Crippen LogP contribution in [0.5, 0.6) is 0 Å². The molecule has 3 heterocycles. The molecule has 4 aromatic rings. The quantitative estimate of drug-likeness (QED) is 0.613. The van der Waals surface area contributed by atoms with Gasteiger partial charge >= 0.3 is 0 Å². The van der Waals surface area contributed by atoms with E-state index in [4.69, 9.17) is 16.0 Å². The minimum absolute atomic E-state index is 0.566. The van der Waals surface area contributed by atoms with Crippen LogP contribution in [0.4, 0.5) is 0 Å². The summed E-state index contributed by atoms with van der Waals surface area (Å²) in [6.45, 7) is 0. The van der Waals surface area contributed by atoms with Crippen molar-refractivity contribution in [2.75, 3.05) is 0 Å². The lowest BCUT2D eigenvalue weighted by Gasteiger charge is -1.97. The molecule has 0 fully saturated rings. The van der Waals surface area contributed by atoms with Crippen molar-refractivity contribution in [1.82, 2.24) is 19.9 Å². The van der Waals surface area contributed by atoms with E-state index < -0.39 is 0 Å². The molecule has 98 valence electrons. The Morgan fingerprint density at radius 2 is 2.20 bits per heavy atom. The van der Waals surface area contributed by atoms with Crippen LogP contribution in [0, 0.1) is 0 Å². The van der Waals surface area contributed by atoms with E-state index in [1.165, 1.54) is 6.39 Å². The summed E-state index contributed by atoms with van der Waals surface area (Å²) in [7, 11) is 0. The second-order valence-electron chi connectivity index (χ2n) is 4.51. The summed E-state index contributed by atoms with van der Waals surface area (Å²) < 4.78 is 5.23. The molecule has 0 radical (unpaired) electrons. The summed E-state index contributed by atoms with van der Waals surface area (Å²) in [4.78, 5) is 16.1. The average molecular weight is 285 g/mol. The number of pyridine rings is 1. The molecule has 0 aliphatic heterocycles. The normalized spacial score (nSPS) is 11.4. The van der Waals surface area contributed by atoms with Gasteiger partial charge in [0.2, 0.25) is 0 Å². The number of nitrogens with one attached hydrogen (secondary N) is 1. The lowest BCUT2D eigenvalue weighted by molar-refractivity contribution is 0.511. The molecule has 0 amide bonds. The van der Waals surface area contributed by atoms with Crippen LogP contribution in [0.25, 0.3) is 21.9 Å². The molecule has 0 spiro atoms. The summed E-state index contributed by atoms with van der Waals surface area (Å²) in [6.07, 6.45) is 5.44. The second-order valence-corrected chi connectivity index (χ2v) is 4.95. The number of rotatable bonds is 2. The van der Waals surface area contributed by atoms with Gasteiger partial charge in [-0.2, -0.15) is 0 Å². The summed E-state index contributed by atoms with van der Waals surface area (Å²) >= 11 is 6.05. The predicted octanol–water partition coefficient (Wildman–Crippen LogP) is 3.34. The largest absolute Gasteiger partial charge is 0.448 e. The highest BCUT2D eigenvalue weighted by Gasteiger charge is 2.10. The lowest BCUT2D eigenvalue weighted by atomic mass is 10.2. The van der Waals surface area contributed by atoms with E-state index in [9.17, 15) is 0 Å². The maximum Gasteiger partial charge on any atom is 0.180 e. The van der Waals surface area contributed by atoms with Gasteiger partial charge in [0.1, 0.15) is 11.6 Å². The Balaban J connectivity index is 1.89. The molecule has 0 aliphatic rings. The number of oxazole rings is 1. The van der Waals surface area contributed by atoms with Crippen LogP contribution < -0.4 is 0 Å². The number of halogens is 1. The fourth-order valence-electron chi connectivity index (χ4n) is 2.26. The number of nitrogens with zero attached hydrogens (tertiary/aromatic N) is 3. The third-order valence-corrected chi connectivity index (χ3v) is 3.39. The van der Waals surface area contributed by atoms with Gasteiger partial charge in [0.05, 0.1) is 35.4 Å². The molecule has 0 unspecified atom stereocenters. The molecule has 0 aliphatic carbocycles. The van der Waals surface area contributed by atoms with Crippen LogP contribution in [-0.2, 0) is 6.42 Å². The van der Waals surface area contributed by atoms with Crippen LogP contribution >= 0.6 is 11.6 Å². The Labute approximate surface area is 118 Å². The maximum atomic E-state index is 6.05. The number of benzene rings is 1. The molecule has 4 rings (SSSR count). The topological polar surface area (TPSA) is 67.6 Å². The van der Waals surface area contributed by atoms with E-state index in [1.54, 1.807) is 12.4 Å². The third-order valence-electron chi connectivity index (χ3n) is 3.15. The standard InChI is InChI=1S/C14H9ClN4O/c15-8-1-2-11-10(3-8)14-12(6-17-11)18-13(19-14)4-9-5-16-7-20-9/h1-3,5-7H,4H2,(H,18,19). The zero-order valence-corrected chi connectivity index (χ0v) is 11.1. The van der Waals surface area contributed by atoms with Crippen molar-refractivity contribution in [3.63, 3.8) is 0 Å². The van der Waals surface area contributed by atoms with Crippen LogP contribution in [0.3, 0.4) is 0 Å². The average Bonchev–Trinajstić information content (AvgIpc) is 3.08. The van der Waals surface area contributed by atoms with Gasteiger partial charge in [-0.05, 0) is 18.2 Å². The van der Waals surface area contributed by atoms with E-state index in [0.29, 0.717) is 11.4 Å². The first kappa shape index (κ1) is 11.4. The van der Waals surface area contributed by atoms with Crippen LogP contribution in [0.2, 0.25) is 5.02 Å². The fourth-order valence-corrected chi connectivity index (χ4v) is 2.43. The van der Waals surface area contributed by atoms with Gasteiger partial charge in [-0.1, -0.05) is 11.6 Å². The molecule has 0 saturated carbocycles. The minimum atomic E-state index is 0.566. The van der Waals surface area contributed by atoms with E-state index in [-0.39, 0.29) is 0 Å². The van der Waals surface area contributed by atoms with Crippen molar-refractivity contribution in [1.29, 1.82) is 0 Å². The number of hydrogen-bond donors (Lipinski definition) is 1. The molecule has 3 aromatic heterocycles. The zero-order chi connectivity index (χ0) is 13.5. The first-order valence-electron chi connectivity index (χ1n) is 6.10. The van der Waals surface area contributed by atoms with E-state index >= 15 is 0 Å². The first-order valence-corrected chi connectivity index (χ1v) is 6.47. The predicted molar refractivity (Wildman–Crippen MR) is 75.7 cm³/mol. The first-order chi connectivity index (χ1) is 9.79. The Morgan fingerprint density at radius 1 is 1.25 bits per heavy atom. The molecule has 1 aromatic carbocycles. The molecular formula is C14H9ClN4O. The Bertz CT molecular complexity index is 898. The highest BCUT2D eigenvalue weighted by atomic mass is 35.5. The summed E-state index contributed by atoms with van der Waals surface area (Å²) in [5.41, 5.74) is 2.63. The van der Waals surface area contributed by atoms with Crippen molar-refractivity contribution >= 4 is 33.5 Å². The molecule has 1 N–H and O–H groups in total. The van der Waals surface area contributed by atoms with E-state index in [2.05, 4.69) is 19.9 Å². The van der Waals surface area contributed by atoms with Crippen LogP contribution in [0.1, 0.15) is 11.6 Å². The van der Waals surface area contributed by atoms with Gasteiger partial charge in [-0.15, -0.1) is 0 Å². The van der Waals surface area contributed by atoms with Gasteiger partial charge in [-0.25, -0.2) is 9.97 Å². The van der Waals surface area contributed by atoms with Crippen molar-refractivity contribution in [2.24, 2.45) is 0 Å². The van der Waals surface area contributed by atoms with Crippen molar-refractivity contribution in [3.05, 3.63) is 53.6 Å². The number of imidazole rings is 1. The van der Waals surface area contributed by atoms with E-state index in [1.807, 2.05) is 18.2 Å². The van der Waals surface area contributed by atoms with Crippen molar-refractivity contribution < 1.29 is 4.42 Å². The zero-order valence-electron chi connectivity index (χ0n) is 10.3. The molecule has 0 bridgehead atoms. The Morgan fingerprint density at radius 3 is 3.05 bits per heavy atom. The number of aromatic amines is 1. The lowest BCUT2D eigenvalue weighted by Crippen LogP contribution is -1.87. The van der Waals surface area contributed by atoms with Crippen LogP contribution in [-0.4, -0.2) is 19.9 Å². The minimum Gasteiger partial charge on any atom is -0.448 e. The molecule has 5 nitrogen and oxygen atoms in total. The van der Waals surface area contributed by atoms with Crippen molar-refractivity contribution in [3.8, 4) is 0 Å². The van der Waals surface area contributed by atoms with Gasteiger partial charge in [0.15, 0.2) is 6.39 Å². The van der Waals surface area contributed by atoms with Gasteiger partial charge in [0, 0.05) is 10.4 Å². The Hall–Kier alpha value is -2.40. The third kappa shape index (κ3) is 1.83. The fraction of sp³-hybridized carbons (Fsp3) is 0.0714. The van der Waals surface area contributed by atoms with E-state index in [0.717, 1.165) is 33.5 Å². The molecular weight excluding hydrogens is 276 g/mol. The molecule has 20 heavy (non-hydrogen) atoms. The molecule has 6 heteroatoms.